The Labute approximate surface area is 72.8 Å². The molecule has 1 saturated heterocycles. The molecule has 1 heterocycles. The fraction of sp³-hybridized carbons (Fsp3) is 1.00. The standard InChI is InChI=1S/C5H11FN2.2ClH/c6-3-5-4-7-1-2-8-5;;/h5,7-8H,1-4H2;2*1H/t5-;;/m1../s1. The van der Waals surface area contributed by atoms with Crippen molar-refractivity contribution in [2.45, 2.75) is 6.04 Å². The molecule has 0 aromatic rings. The molecule has 0 aliphatic carbocycles. The average molecular weight is 191 g/mol. The second-order valence-electron chi connectivity index (χ2n) is 2.01. The first kappa shape index (κ1) is 13.1. The molecule has 0 aromatic carbocycles. The van der Waals surface area contributed by atoms with Crippen LogP contribution in [-0.4, -0.2) is 32.4 Å². The molecule has 0 spiro atoms. The molecular weight excluding hydrogens is 178 g/mol. The van der Waals surface area contributed by atoms with Crippen LogP contribution in [0.3, 0.4) is 0 Å². The molecule has 2 N–H and O–H groups in total. The van der Waals surface area contributed by atoms with Crippen LogP contribution in [0.15, 0.2) is 0 Å². The van der Waals surface area contributed by atoms with E-state index in [-0.39, 0.29) is 37.5 Å². The maximum Gasteiger partial charge on any atom is 0.106 e. The first-order valence-electron chi connectivity index (χ1n) is 2.93. The molecule has 2 nitrogen and oxygen atoms in total. The van der Waals surface area contributed by atoms with Crippen LogP contribution in [0.4, 0.5) is 4.39 Å². The minimum atomic E-state index is -0.257. The van der Waals surface area contributed by atoms with Gasteiger partial charge in [0.25, 0.3) is 0 Å². The quantitative estimate of drug-likeness (QED) is 0.625. The fourth-order valence-electron chi connectivity index (χ4n) is 0.822. The number of alkyl halides is 1. The van der Waals surface area contributed by atoms with E-state index in [1.807, 2.05) is 0 Å². The predicted octanol–water partition coefficient (Wildman–Crippen LogP) is 0.361. The SMILES string of the molecule is Cl.Cl.FC[C@@H]1CNCCN1. The number of rotatable bonds is 1. The lowest BCUT2D eigenvalue weighted by Gasteiger charge is -2.21. The maximum atomic E-state index is 11.8. The van der Waals surface area contributed by atoms with Gasteiger partial charge in [0.15, 0.2) is 0 Å². The summed E-state index contributed by atoms with van der Waals surface area (Å²) in [7, 11) is 0. The topological polar surface area (TPSA) is 24.1 Å². The van der Waals surface area contributed by atoms with Crippen molar-refractivity contribution in [2.75, 3.05) is 26.3 Å². The lowest BCUT2D eigenvalue weighted by atomic mass is 10.3. The van der Waals surface area contributed by atoms with Gasteiger partial charge in [-0.2, -0.15) is 0 Å². The van der Waals surface area contributed by atoms with Gasteiger partial charge in [0.05, 0.1) is 0 Å². The molecule has 0 bridgehead atoms. The summed E-state index contributed by atoms with van der Waals surface area (Å²) in [5.41, 5.74) is 0. The van der Waals surface area contributed by atoms with Crippen molar-refractivity contribution in [3.63, 3.8) is 0 Å². The zero-order valence-electron chi connectivity index (χ0n) is 5.60. The van der Waals surface area contributed by atoms with Crippen LogP contribution in [0.1, 0.15) is 0 Å². The number of halogens is 3. The summed E-state index contributed by atoms with van der Waals surface area (Å²) < 4.78 is 11.8. The smallest absolute Gasteiger partial charge is 0.106 e. The largest absolute Gasteiger partial charge is 0.314 e. The van der Waals surface area contributed by atoms with Gasteiger partial charge in [-0.1, -0.05) is 0 Å². The molecule has 1 rings (SSSR count). The Morgan fingerprint density at radius 2 is 2.00 bits per heavy atom. The third-order valence-electron chi connectivity index (χ3n) is 1.31. The molecule has 0 amide bonds. The van der Waals surface area contributed by atoms with E-state index in [9.17, 15) is 4.39 Å². The normalized spacial score (nSPS) is 24.3. The molecular formula is C5H13Cl2FN2. The number of piperazine rings is 1. The maximum absolute atomic E-state index is 11.8. The van der Waals surface area contributed by atoms with Crippen molar-refractivity contribution in [2.24, 2.45) is 0 Å². The van der Waals surface area contributed by atoms with E-state index in [2.05, 4.69) is 10.6 Å². The number of hydrogen-bond donors (Lipinski definition) is 2. The number of hydrogen-bond acceptors (Lipinski definition) is 2. The second kappa shape index (κ2) is 7.54. The van der Waals surface area contributed by atoms with E-state index in [1.165, 1.54) is 0 Å². The van der Waals surface area contributed by atoms with Crippen LogP contribution in [0.2, 0.25) is 0 Å². The zero-order valence-corrected chi connectivity index (χ0v) is 7.23. The first-order chi connectivity index (χ1) is 3.93. The highest BCUT2D eigenvalue weighted by Crippen LogP contribution is 1.85. The van der Waals surface area contributed by atoms with Crippen LogP contribution in [0, 0.1) is 0 Å². The van der Waals surface area contributed by atoms with Gasteiger partial charge >= 0.3 is 0 Å². The van der Waals surface area contributed by atoms with Gasteiger partial charge in [0.2, 0.25) is 0 Å². The van der Waals surface area contributed by atoms with Crippen LogP contribution in [0.5, 0.6) is 0 Å². The summed E-state index contributed by atoms with van der Waals surface area (Å²) in [6.07, 6.45) is 0. The van der Waals surface area contributed by atoms with E-state index < -0.39 is 0 Å². The molecule has 0 saturated carbocycles. The van der Waals surface area contributed by atoms with Crippen molar-refractivity contribution in [1.29, 1.82) is 0 Å². The Hall–Kier alpha value is 0.430. The van der Waals surface area contributed by atoms with Gasteiger partial charge in [-0.05, 0) is 0 Å². The first-order valence-corrected chi connectivity index (χ1v) is 2.93. The molecule has 1 atom stereocenters. The van der Waals surface area contributed by atoms with E-state index in [4.69, 9.17) is 0 Å². The van der Waals surface area contributed by atoms with Gasteiger partial charge in [-0.15, -0.1) is 24.8 Å². The van der Waals surface area contributed by atoms with E-state index in [0.717, 1.165) is 19.6 Å². The monoisotopic (exact) mass is 190 g/mol. The lowest BCUT2D eigenvalue weighted by molar-refractivity contribution is 0.333. The van der Waals surface area contributed by atoms with Crippen LogP contribution < -0.4 is 10.6 Å². The van der Waals surface area contributed by atoms with Crippen molar-refractivity contribution in [1.82, 2.24) is 10.6 Å². The molecule has 1 aliphatic heterocycles. The Balaban J connectivity index is 0. The van der Waals surface area contributed by atoms with Crippen molar-refractivity contribution in [3.05, 3.63) is 0 Å². The summed E-state index contributed by atoms with van der Waals surface area (Å²) in [6, 6.07) is 0.0590. The molecule has 0 radical (unpaired) electrons. The van der Waals surface area contributed by atoms with Crippen LogP contribution in [-0.2, 0) is 0 Å². The summed E-state index contributed by atoms with van der Waals surface area (Å²) in [5, 5.41) is 6.11. The van der Waals surface area contributed by atoms with Crippen LogP contribution in [0.25, 0.3) is 0 Å². The molecule has 1 aliphatic rings. The summed E-state index contributed by atoms with van der Waals surface area (Å²) >= 11 is 0. The summed E-state index contributed by atoms with van der Waals surface area (Å²) in [5.74, 6) is 0. The van der Waals surface area contributed by atoms with Gasteiger partial charge in [-0.3, -0.25) is 0 Å². The average Bonchev–Trinajstić information content (AvgIpc) is 1.90. The van der Waals surface area contributed by atoms with Crippen molar-refractivity contribution in [3.8, 4) is 0 Å². The van der Waals surface area contributed by atoms with Gasteiger partial charge in [-0.25, -0.2) is 4.39 Å². The molecule has 5 heteroatoms. The Morgan fingerprint density at radius 1 is 1.30 bits per heavy atom. The van der Waals surface area contributed by atoms with Gasteiger partial charge in [0.1, 0.15) is 6.67 Å². The summed E-state index contributed by atoms with van der Waals surface area (Å²) in [6.45, 7) is 2.38. The third-order valence-corrected chi connectivity index (χ3v) is 1.31. The van der Waals surface area contributed by atoms with E-state index in [1.54, 1.807) is 0 Å². The minimum Gasteiger partial charge on any atom is -0.314 e. The Kier molecular flexibility index (Phi) is 9.84. The van der Waals surface area contributed by atoms with Gasteiger partial charge < -0.3 is 10.6 Å². The van der Waals surface area contributed by atoms with E-state index >= 15 is 0 Å². The molecule has 0 aromatic heterocycles. The highest BCUT2D eigenvalue weighted by Gasteiger charge is 2.09. The predicted molar refractivity (Wildman–Crippen MR) is 45.1 cm³/mol. The lowest BCUT2D eigenvalue weighted by Crippen LogP contribution is -2.49. The highest BCUT2D eigenvalue weighted by molar-refractivity contribution is 5.85. The highest BCUT2D eigenvalue weighted by atomic mass is 35.5. The molecule has 64 valence electrons. The molecule has 10 heavy (non-hydrogen) atoms. The van der Waals surface area contributed by atoms with Gasteiger partial charge in [0, 0.05) is 25.7 Å². The molecule has 0 unspecified atom stereocenters. The Bertz CT molecular complexity index is 68.7. The van der Waals surface area contributed by atoms with Crippen molar-refractivity contribution < 1.29 is 4.39 Å². The minimum absolute atomic E-state index is 0. The fourth-order valence-corrected chi connectivity index (χ4v) is 0.822. The third kappa shape index (κ3) is 4.28. The number of nitrogens with one attached hydrogen (secondary N) is 2. The van der Waals surface area contributed by atoms with Crippen LogP contribution >= 0.6 is 24.8 Å². The van der Waals surface area contributed by atoms with Crippen molar-refractivity contribution >= 4 is 24.8 Å². The second-order valence-corrected chi connectivity index (χ2v) is 2.01. The van der Waals surface area contributed by atoms with E-state index in [0.29, 0.717) is 0 Å². The zero-order chi connectivity index (χ0) is 5.82. The molecule has 1 fully saturated rings. The Morgan fingerprint density at radius 3 is 2.30 bits per heavy atom. The summed E-state index contributed by atoms with van der Waals surface area (Å²) in [4.78, 5) is 0.